The lowest BCUT2D eigenvalue weighted by atomic mass is 10.1. The monoisotopic (exact) mass is 209 g/mol. The van der Waals surface area contributed by atoms with Crippen molar-refractivity contribution in [3.63, 3.8) is 0 Å². The maximum atomic E-state index is 9.00. The van der Waals surface area contributed by atoms with E-state index >= 15 is 0 Å². The molecule has 2 aromatic rings. The zero-order valence-electron chi connectivity index (χ0n) is 7.18. The number of rotatable bonds is 1. The van der Waals surface area contributed by atoms with Crippen LogP contribution in [0.15, 0.2) is 30.5 Å². The van der Waals surface area contributed by atoms with Gasteiger partial charge < -0.3 is 10.2 Å². The Bertz CT molecular complexity index is 471. The van der Waals surface area contributed by atoms with Crippen molar-refractivity contribution in [3.8, 4) is 0 Å². The molecule has 0 aliphatic carbocycles. The summed E-state index contributed by atoms with van der Waals surface area (Å²) >= 11 is 5.98. The van der Waals surface area contributed by atoms with E-state index in [0.29, 0.717) is 5.02 Å². The van der Waals surface area contributed by atoms with Crippen LogP contribution in [0.4, 0.5) is 0 Å². The van der Waals surface area contributed by atoms with Gasteiger partial charge in [0.15, 0.2) is 6.29 Å². The van der Waals surface area contributed by atoms with E-state index in [-0.39, 0.29) is 5.56 Å². The van der Waals surface area contributed by atoms with E-state index < -0.39 is 6.29 Å². The topological polar surface area (TPSA) is 53.4 Å². The second kappa shape index (κ2) is 3.53. The van der Waals surface area contributed by atoms with Gasteiger partial charge in [0.1, 0.15) is 0 Å². The van der Waals surface area contributed by atoms with E-state index in [1.165, 1.54) is 6.20 Å². The molecule has 1 heterocycles. The maximum absolute atomic E-state index is 9.00. The van der Waals surface area contributed by atoms with Crippen molar-refractivity contribution in [3.05, 3.63) is 41.0 Å². The van der Waals surface area contributed by atoms with Crippen molar-refractivity contribution in [1.29, 1.82) is 0 Å². The van der Waals surface area contributed by atoms with E-state index in [1.807, 2.05) is 18.2 Å². The van der Waals surface area contributed by atoms with Crippen molar-refractivity contribution in [1.82, 2.24) is 4.98 Å². The Hall–Kier alpha value is -1.16. The van der Waals surface area contributed by atoms with Gasteiger partial charge in [0.2, 0.25) is 0 Å². The zero-order valence-corrected chi connectivity index (χ0v) is 7.94. The zero-order chi connectivity index (χ0) is 10.1. The average molecular weight is 210 g/mol. The highest BCUT2D eigenvalue weighted by atomic mass is 35.5. The predicted octanol–water partition coefficient (Wildman–Crippen LogP) is 1.87. The van der Waals surface area contributed by atoms with Crippen LogP contribution in [0.3, 0.4) is 0 Å². The van der Waals surface area contributed by atoms with E-state index in [2.05, 4.69) is 4.98 Å². The summed E-state index contributed by atoms with van der Waals surface area (Å²) in [5.41, 5.74) is 0.965. The van der Waals surface area contributed by atoms with Gasteiger partial charge in [-0.1, -0.05) is 29.8 Å². The molecule has 14 heavy (non-hydrogen) atoms. The maximum Gasteiger partial charge on any atom is 0.181 e. The van der Waals surface area contributed by atoms with Crippen molar-refractivity contribution < 1.29 is 10.2 Å². The second-order valence-corrected chi connectivity index (χ2v) is 3.30. The number of hydrogen-bond donors (Lipinski definition) is 2. The lowest BCUT2D eigenvalue weighted by Crippen LogP contribution is -1.97. The average Bonchev–Trinajstić information content (AvgIpc) is 2.18. The van der Waals surface area contributed by atoms with Crippen LogP contribution < -0.4 is 0 Å². The van der Waals surface area contributed by atoms with Gasteiger partial charge in [0.05, 0.1) is 10.5 Å². The third-order valence-corrected chi connectivity index (χ3v) is 2.44. The van der Waals surface area contributed by atoms with Crippen LogP contribution in [0.5, 0.6) is 0 Å². The summed E-state index contributed by atoms with van der Waals surface area (Å²) in [6.45, 7) is 0. The van der Waals surface area contributed by atoms with Gasteiger partial charge in [0.25, 0.3) is 0 Å². The highest BCUT2D eigenvalue weighted by Crippen LogP contribution is 2.28. The first-order valence-electron chi connectivity index (χ1n) is 4.09. The fourth-order valence-corrected chi connectivity index (χ4v) is 1.61. The second-order valence-electron chi connectivity index (χ2n) is 2.92. The van der Waals surface area contributed by atoms with Crippen LogP contribution in [-0.4, -0.2) is 15.2 Å². The van der Waals surface area contributed by atoms with Gasteiger partial charge in [-0.05, 0) is 6.07 Å². The molecular weight excluding hydrogens is 202 g/mol. The molecule has 72 valence electrons. The Morgan fingerprint density at radius 3 is 2.64 bits per heavy atom. The molecule has 2 rings (SSSR count). The van der Waals surface area contributed by atoms with Crippen LogP contribution in [0.1, 0.15) is 11.9 Å². The number of aromatic nitrogens is 1. The molecule has 1 aromatic carbocycles. The molecule has 1 aromatic heterocycles. The summed E-state index contributed by atoms with van der Waals surface area (Å²) in [5.74, 6) is 0. The van der Waals surface area contributed by atoms with Crippen LogP contribution >= 0.6 is 11.6 Å². The molecule has 2 N–H and O–H groups in total. The summed E-state index contributed by atoms with van der Waals surface area (Å²) in [5, 5.41) is 19.1. The molecular formula is C10H8ClNO2. The molecule has 0 aliphatic rings. The van der Waals surface area contributed by atoms with Gasteiger partial charge >= 0.3 is 0 Å². The number of para-hydroxylation sites is 1. The molecule has 0 fully saturated rings. The number of benzene rings is 1. The van der Waals surface area contributed by atoms with Crippen LogP contribution in [0.25, 0.3) is 10.9 Å². The Labute approximate surface area is 85.6 Å². The summed E-state index contributed by atoms with van der Waals surface area (Å²) in [4.78, 5) is 4.06. The standard InChI is InChI=1S/C10H8ClNO2/c11-9-6-3-1-2-4-8(6)12-5-7(9)10(13)14/h1-5,10,13-14H. The van der Waals surface area contributed by atoms with E-state index in [9.17, 15) is 0 Å². The summed E-state index contributed by atoms with van der Waals surface area (Å²) in [6.07, 6.45) is -0.213. The number of fused-ring (bicyclic) bond motifs is 1. The summed E-state index contributed by atoms with van der Waals surface area (Å²) < 4.78 is 0. The highest BCUT2D eigenvalue weighted by molar-refractivity contribution is 6.36. The predicted molar refractivity (Wildman–Crippen MR) is 53.9 cm³/mol. The van der Waals surface area contributed by atoms with E-state index in [0.717, 1.165) is 10.9 Å². The summed E-state index contributed by atoms with van der Waals surface area (Å²) in [6, 6.07) is 7.27. The largest absolute Gasteiger partial charge is 0.364 e. The lowest BCUT2D eigenvalue weighted by molar-refractivity contribution is -0.0425. The molecule has 0 unspecified atom stereocenters. The Morgan fingerprint density at radius 1 is 1.21 bits per heavy atom. The number of aliphatic hydroxyl groups excluding tert-OH is 1. The minimum atomic E-state index is -1.58. The molecule has 4 heteroatoms. The molecule has 0 spiro atoms. The van der Waals surface area contributed by atoms with Crippen molar-refractivity contribution in [2.75, 3.05) is 0 Å². The normalized spacial score (nSPS) is 11.1. The Morgan fingerprint density at radius 2 is 1.93 bits per heavy atom. The van der Waals surface area contributed by atoms with Gasteiger partial charge in [-0.3, -0.25) is 4.98 Å². The molecule has 0 saturated heterocycles. The molecule has 3 nitrogen and oxygen atoms in total. The van der Waals surface area contributed by atoms with Crippen LogP contribution in [-0.2, 0) is 0 Å². The first-order valence-corrected chi connectivity index (χ1v) is 4.47. The summed E-state index contributed by atoms with van der Waals surface area (Å²) in [7, 11) is 0. The molecule has 0 aliphatic heterocycles. The SMILES string of the molecule is OC(O)c1cnc2ccccc2c1Cl. The lowest BCUT2D eigenvalue weighted by Gasteiger charge is -2.07. The fraction of sp³-hybridized carbons (Fsp3) is 0.100. The van der Waals surface area contributed by atoms with Crippen LogP contribution in [0, 0.1) is 0 Å². The van der Waals surface area contributed by atoms with Gasteiger partial charge in [-0.25, -0.2) is 0 Å². The van der Waals surface area contributed by atoms with Crippen molar-refractivity contribution in [2.45, 2.75) is 6.29 Å². The molecule has 0 atom stereocenters. The van der Waals surface area contributed by atoms with E-state index in [4.69, 9.17) is 21.8 Å². The first kappa shape index (κ1) is 9.40. The molecule has 0 saturated carbocycles. The highest BCUT2D eigenvalue weighted by Gasteiger charge is 2.11. The number of nitrogens with zero attached hydrogens (tertiary/aromatic N) is 1. The third-order valence-electron chi connectivity index (χ3n) is 2.01. The minimum Gasteiger partial charge on any atom is -0.364 e. The Kier molecular flexibility index (Phi) is 2.37. The van der Waals surface area contributed by atoms with Crippen molar-refractivity contribution >= 4 is 22.5 Å². The number of halogens is 1. The van der Waals surface area contributed by atoms with Crippen LogP contribution in [0.2, 0.25) is 5.02 Å². The fourth-order valence-electron chi connectivity index (χ4n) is 1.30. The van der Waals surface area contributed by atoms with Gasteiger partial charge in [-0.15, -0.1) is 0 Å². The quantitative estimate of drug-likeness (QED) is 0.705. The number of hydrogen-bond acceptors (Lipinski definition) is 3. The van der Waals surface area contributed by atoms with Gasteiger partial charge in [0, 0.05) is 17.1 Å². The number of pyridine rings is 1. The smallest absolute Gasteiger partial charge is 0.181 e. The van der Waals surface area contributed by atoms with Crippen molar-refractivity contribution in [2.24, 2.45) is 0 Å². The third kappa shape index (κ3) is 1.46. The first-order chi connectivity index (χ1) is 6.70. The molecule has 0 amide bonds. The minimum absolute atomic E-state index is 0.227. The Balaban J connectivity index is 2.75. The molecule has 0 radical (unpaired) electrons. The number of aliphatic hydroxyl groups is 2. The van der Waals surface area contributed by atoms with Gasteiger partial charge in [-0.2, -0.15) is 0 Å². The van der Waals surface area contributed by atoms with E-state index in [1.54, 1.807) is 6.07 Å². The molecule has 0 bridgehead atoms.